The zero-order chi connectivity index (χ0) is 18.7. The maximum atomic E-state index is 12.6. The molecule has 0 aliphatic heterocycles. The number of aromatic nitrogens is 2. The predicted octanol–water partition coefficient (Wildman–Crippen LogP) is 3.98. The molecule has 0 unspecified atom stereocenters. The topological polar surface area (TPSA) is 66.9 Å². The SMILES string of the molecule is C[C@@H](NC(=O)CCn1c(=S)[nH]c2ccccc2c1=O)c1cccc(Cl)c1. The lowest BCUT2D eigenvalue weighted by Crippen LogP contribution is -2.30. The Hall–Kier alpha value is -2.44. The molecule has 7 heteroatoms. The van der Waals surface area contributed by atoms with Crippen molar-refractivity contribution in [3.05, 3.63) is 74.2 Å². The number of benzene rings is 2. The quantitative estimate of drug-likeness (QED) is 0.651. The molecule has 5 nitrogen and oxygen atoms in total. The molecule has 2 aromatic carbocycles. The number of aromatic amines is 1. The first-order valence-corrected chi connectivity index (χ1v) is 9.01. The molecule has 134 valence electrons. The van der Waals surface area contributed by atoms with Gasteiger partial charge in [0, 0.05) is 18.0 Å². The molecule has 3 aromatic rings. The number of H-pyrrole nitrogens is 1. The number of nitrogens with zero attached hydrogens (tertiary/aromatic N) is 1. The van der Waals surface area contributed by atoms with Crippen molar-refractivity contribution in [2.24, 2.45) is 0 Å². The van der Waals surface area contributed by atoms with Crippen LogP contribution in [0.5, 0.6) is 0 Å². The van der Waals surface area contributed by atoms with Gasteiger partial charge in [0.1, 0.15) is 0 Å². The molecule has 0 aliphatic rings. The summed E-state index contributed by atoms with van der Waals surface area (Å²) in [5.74, 6) is -0.160. The maximum absolute atomic E-state index is 12.6. The van der Waals surface area contributed by atoms with Crippen molar-refractivity contribution >= 4 is 40.6 Å². The predicted molar refractivity (Wildman–Crippen MR) is 106 cm³/mol. The molecule has 3 rings (SSSR count). The highest BCUT2D eigenvalue weighted by Crippen LogP contribution is 2.17. The summed E-state index contributed by atoms with van der Waals surface area (Å²) >= 11 is 11.2. The third-order valence-electron chi connectivity index (χ3n) is 4.18. The van der Waals surface area contributed by atoms with Gasteiger partial charge in [0.15, 0.2) is 4.77 Å². The Bertz CT molecular complexity index is 1070. The first kappa shape index (κ1) is 18.4. The average molecular weight is 388 g/mol. The van der Waals surface area contributed by atoms with Crippen molar-refractivity contribution in [1.82, 2.24) is 14.9 Å². The Morgan fingerprint density at radius 3 is 2.81 bits per heavy atom. The normalized spacial score (nSPS) is 12.1. The second-order valence-corrected chi connectivity index (χ2v) is 6.85. The highest BCUT2D eigenvalue weighted by atomic mass is 35.5. The molecule has 0 spiro atoms. The molecule has 26 heavy (non-hydrogen) atoms. The smallest absolute Gasteiger partial charge is 0.262 e. The van der Waals surface area contributed by atoms with Gasteiger partial charge in [-0.15, -0.1) is 0 Å². The van der Waals surface area contributed by atoms with E-state index >= 15 is 0 Å². The number of hydrogen-bond acceptors (Lipinski definition) is 3. The van der Waals surface area contributed by atoms with Crippen LogP contribution in [0.1, 0.15) is 24.9 Å². The second-order valence-electron chi connectivity index (χ2n) is 6.03. The van der Waals surface area contributed by atoms with Gasteiger partial charge in [0.05, 0.1) is 16.9 Å². The Balaban J connectivity index is 1.71. The monoisotopic (exact) mass is 387 g/mol. The summed E-state index contributed by atoms with van der Waals surface area (Å²) in [5, 5.41) is 4.09. The van der Waals surface area contributed by atoms with Gasteiger partial charge >= 0.3 is 0 Å². The highest BCUT2D eigenvalue weighted by molar-refractivity contribution is 7.71. The van der Waals surface area contributed by atoms with Crippen LogP contribution in [-0.2, 0) is 11.3 Å². The first-order valence-electron chi connectivity index (χ1n) is 8.22. The van der Waals surface area contributed by atoms with E-state index in [0.29, 0.717) is 20.7 Å². The Labute approximate surface area is 160 Å². The second kappa shape index (κ2) is 7.85. The molecule has 1 atom stereocenters. The Morgan fingerprint density at radius 1 is 1.27 bits per heavy atom. The fraction of sp³-hybridized carbons (Fsp3) is 0.211. The zero-order valence-corrected chi connectivity index (χ0v) is 15.7. The van der Waals surface area contributed by atoms with Gasteiger partial charge in [0.25, 0.3) is 5.56 Å². The summed E-state index contributed by atoms with van der Waals surface area (Å²) < 4.78 is 1.73. The Kier molecular flexibility index (Phi) is 5.54. The highest BCUT2D eigenvalue weighted by Gasteiger charge is 2.11. The lowest BCUT2D eigenvalue weighted by atomic mass is 10.1. The van der Waals surface area contributed by atoms with E-state index in [1.54, 1.807) is 24.3 Å². The van der Waals surface area contributed by atoms with Gasteiger partial charge < -0.3 is 10.3 Å². The number of amides is 1. The summed E-state index contributed by atoms with van der Waals surface area (Å²) in [7, 11) is 0. The van der Waals surface area contributed by atoms with Crippen molar-refractivity contribution in [1.29, 1.82) is 0 Å². The van der Waals surface area contributed by atoms with Crippen LogP contribution >= 0.6 is 23.8 Å². The molecule has 1 amide bonds. The largest absolute Gasteiger partial charge is 0.350 e. The first-order chi connectivity index (χ1) is 12.5. The Morgan fingerprint density at radius 2 is 2.04 bits per heavy atom. The number of carbonyl (C=O) groups is 1. The zero-order valence-electron chi connectivity index (χ0n) is 14.2. The van der Waals surface area contributed by atoms with Crippen LogP contribution in [-0.4, -0.2) is 15.5 Å². The van der Waals surface area contributed by atoms with Crippen LogP contribution in [0, 0.1) is 4.77 Å². The number of nitrogens with one attached hydrogen (secondary N) is 2. The van der Waals surface area contributed by atoms with E-state index in [0.717, 1.165) is 5.56 Å². The molecule has 0 saturated carbocycles. The molecule has 0 bridgehead atoms. The van der Waals surface area contributed by atoms with E-state index in [2.05, 4.69) is 10.3 Å². The van der Waals surface area contributed by atoms with Crippen LogP contribution in [0.25, 0.3) is 10.9 Å². The van der Waals surface area contributed by atoms with Crippen LogP contribution < -0.4 is 10.9 Å². The van der Waals surface area contributed by atoms with Gasteiger partial charge in [-0.1, -0.05) is 35.9 Å². The summed E-state index contributed by atoms with van der Waals surface area (Å²) in [4.78, 5) is 27.9. The van der Waals surface area contributed by atoms with Crippen LogP contribution in [0.3, 0.4) is 0 Å². The summed E-state index contributed by atoms with van der Waals surface area (Å²) in [6.07, 6.45) is 0.153. The third-order valence-corrected chi connectivity index (χ3v) is 4.74. The van der Waals surface area contributed by atoms with E-state index in [1.807, 2.05) is 31.2 Å². The van der Waals surface area contributed by atoms with E-state index in [-0.39, 0.29) is 30.5 Å². The minimum Gasteiger partial charge on any atom is -0.350 e. The van der Waals surface area contributed by atoms with Crippen molar-refractivity contribution in [2.75, 3.05) is 0 Å². The maximum Gasteiger partial charge on any atom is 0.262 e. The molecule has 1 aromatic heterocycles. The molecule has 0 saturated heterocycles. The van der Waals surface area contributed by atoms with Crippen molar-refractivity contribution in [3.63, 3.8) is 0 Å². The van der Waals surface area contributed by atoms with Crippen molar-refractivity contribution in [2.45, 2.75) is 25.9 Å². The fourth-order valence-electron chi connectivity index (χ4n) is 2.79. The number of fused-ring (bicyclic) bond motifs is 1. The van der Waals surface area contributed by atoms with Crippen LogP contribution in [0.2, 0.25) is 5.02 Å². The molecule has 2 N–H and O–H groups in total. The summed E-state index contributed by atoms with van der Waals surface area (Å²) in [5.41, 5.74) is 1.42. The van der Waals surface area contributed by atoms with Crippen LogP contribution in [0.15, 0.2) is 53.3 Å². The van der Waals surface area contributed by atoms with E-state index in [1.165, 1.54) is 4.57 Å². The summed E-state index contributed by atoms with van der Waals surface area (Å²) in [6.45, 7) is 2.10. The molecule has 0 aliphatic carbocycles. The molecular weight excluding hydrogens is 370 g/mol. The van der Waals surface area contributed by atoms with Gasteiger partial charge in [-0.2, -0.15) is 0 Å². The molecule has 0 fully saturated rings. The minimum atomic E-state index is -0.194. The van der Waals surface area contributed by atoms with E-state index < -0.39 is 0 Å². The van der Waals surface area contributed by atoms with Crippen molar-refractivity contribution in [3.8, 4) is 0 Å². The lowest BCUT2D eigenvalue weighted by molar-refractivity contribution is -0.122. The van der Waals surface area contributed by atoms with Gasteiger partial charge in [-0.3, -0.25) is 14.2 Å². The number of para-hydroxylation sites is 1. The van der Waals surface area contributed by atoms with Gasteiger partial charge in [-0.05, 0) is 49.0 Å². The standard InChI is InChI=1S/C19H18ClN3O2S/c1-12(13-5-4-6-14(20)11-13)21-17(24)9-10-23-18(25)15-7-2-3-8-16(15)22-19(23)26/h2-8,11-12H,9-10H2,1H3,(H,21,24)(H,22,26)/t12-/m1/s1. The minimum absolute atomic E-state index is 0.153. The summed E-state index contributed by atoms with van der Waals surface area (Å²) in [6, 6.07) is 14.3. The molecule has 1 heterocycles. The molecular formula is C19H18ClN3O2S. The average Bonchev–Trinajstić information content (AvgIpc) is 2.61. The van der Waals surface area contributed by atoms with Crippen LogP contribution in [0.4, 0.5) is 0 Å². The van der Waals surface area contributed by atoms with Gasteiger partial charge in [-0.25, -0.2) is 0 Å². The van der Waals surface area contributed by atoms with E-state index in [9.17, 15) is 9.59 Å². The van der Waals surface area contributed by atoms with Gasteiger partial charge in [0.2, 0.25) is 5.91 Å². The number of carbonyl (C=O) groups excluding carboxylic acids is 1. The number of hydrogen-bond donors (Lipinski definition) is 2. The fourth-order valence-corrected chi connectivity index (χ4v) is 3.27. The number of rotatable bonds is 5. The third kappa shape index (κ3) is 4.03. The molecule has 0 radical (unpaired) electrons. The number of halogens is 1. The van der Waals surface area contributed by atoms with Crippen molar-refractivity contribution < 1.29 is 4.79 Å². The lowest BCUT2D eigenvalue weighted by Gasteiger charge is -2.15. The van der Waals surface area contributed by atoms with E-state index in [4.69, 9.17) is 23.8 Å².